The Morgan fingerprint density at radius 2 is 2.09 bits per heavy atom. The Balaban J connectivity index is 2.52. The maximum atomic E-state index is 12.9. The molecule has 0 aromatic heterocycles. The molecular weight excluding hydrogens is 324 g/mol. The van der Waals surface area contributed by atoms with Crippen molar-refractivity contribution < 1.29 is 27.9 Å². The second kappa shape index (κ2) is 6.55. The average molecular weight is 342 g/mol. The highest BCUT2D eigenvalue weighted by atomic mass is 32.2. The van der Waals surface area contributed by atoms with Crippen LogP contribution in [0.5, 0.6) is 5.75 Å². The molecule has 1 heterocycles. The van der Waals surface area contributed by atoms with Gasteiger partial charge in [-0.05, 0) is 31.0 Å². The van der Waals surface area contributed by atoms with Crippen molar-refractivity contribution in [3.8, 4) is 5.75 Å². The third kappa shape index (κ3) is 3.15. The normalized spacial score (nSPS) is 18.6. The van der Waals surface area contributed by atoms with Gasteiger partial charge in [-0.1, -0.05) is 0 Å². The lowest BCUT2D eigenvalue weighted by molar-refractivity contribution is -0.123. The number of aromatic carboxylic acids is 1. The maximum absolute atomic E-state index is 12.9. The van der Waals surface area contributed by atoms with E-state index >= 15 is 0 Å². The van der Waals surface area contributed by atoms with Crippen LogP contribution in [0.1, 0.15) is 23.2 Å². The summed E-state index contributed by atoms with van der Waals surface area (Å²) in [6.45, 7) is 0.195. The molecule has 1 atom stereocenters. The molecule has 2 rings (SSSR count). The van der Waals surface area contributed by atoms with E-state index in [1.165, 1.54) is 26.3 Å². The van der Waals surface area contributed by atoms with E-state index in [0.717, 1.165) is 10.4 Å². The molecule has 9 heteroatoms. The Morgan fingerprint density at radius 1 is 1.39 bits per heavy atom. The number of ether oxygens (including phenoxy) is 1. The molecule has 0 aliphatic carbocycles. The van der Waals surface area contributed by atoms with Crippen LogP contribution in [0.15, 0.2) is 23.1 Å². The number of hydrogen-bond acceptors (Lipinski definition) is 5. The van der Waals surface area contributed by atoms with Gasteiger partial charge in [-0.2, -0.15) is 4.31 Å². The monoisotopic (exact) mass is 342 g/mol. The molecule has 0 unspecified atom stereocenters. The summed E-state index contributed by atoms with van der Waals surface area (Å²) in [5.74, 6) is -1.59. The number of carboxylic acid groups (broad SMARTS) is 1. The zero-order valence-electron chi connectivity index (χ0n) is 12.8. The van der Waals surface area contributed by atoms with Crippen LogP contribution in [0.2, 0.25) is 0 Å². The molecular formula is C14H18N2O6S. The fourth-order valence-corrected chi connectivity index (χ4v) is 4.43. The van der Waals surface area contributed by atoms with Gasteiger partial charge >= 0.3 is 5.97 Å². The molecule has 0 bridgehead atoms. The van der Waals surface area contributed by atoms with Gasteiger partial charge in [0.15, 0.2) is 0 Å². The molecule has 1 amide bonds. The lowest BCUT2D eigenvalue weighted by Gasteiger charge is -2.23. The average Bonchev–Trinajstić information content (AvgIpc) is 3.03. The highest BCUT2D eigenvalue weighted by molar-refractivity contribution is 7.89. The van der Waals surface area contributed by atoms with Gasteiger partial charge in [0, 0.05) is 13.6 Å². The summed E-state index contributed by atoms with van der Waals surface area (Å²) in [6, 6.07) is 2.81. The van der Waals surface area contributed by atoms with Gasteiger partial charge in [0.1, 0.15) is 16.7 Å². The number of nitrogens with one attached hydrogen (secondary N) is 1. The Morgan fingerprint density at radius 3 is 2.65 bits per heavy atom. The summed E-state index contributed by atoms with van der Waals surface area (Å²) in [4.78, 5) is 22.7. The number of carboxylic acids is 1. The Hall–Kier alpha value is -2.13. The topological polar surface area (TPSA) is 113 Å². The molecule has 0 radical (unpaired) electrons. The van der Waals surface area contributed by atoms with E-state index in [9.17, 15) is 18.0 Å². The summed E-state index contributed by atoms with van der Waals surface area (Å²) in [5, 5.41) is 11.5. The summed E-state index contributed by atoms with van der Waals surface area (Å²) in [5.41, 5.74) is -0.167. The lowest BCUT2D eigenvalue weighted by atomic mass is 10.2. The molecule has 0 saturated carbocycles. The lowest BCUT2D eigenvalue weighted by Crippen LogP contribution is -2.44. The van der Waals surface area contributed by atoms with Crippen molar-refractivity contribution in [2.45, 2.75) is 23.8 Å². The number of carbonyl (C=O) groups excluding carboxylic acids is 1. The third-order valence-corrected chi connectivity index (χ3v) is 5.68. The fourth-order valence-electron chi connectivity index (χ4n) is 2.59. The summed E-state index contributed by atoms with van der Waals surface area (Å²) < 4.78 is 31.9. The van der Waals surface area contributed by atoms with Crippen LogP contribution in [0, 0.1) is 0 Å². The van der Waals surface area contributed by atoms with Crippen LogP contribution in [-0.2, 0) is 14.8 Å². The first-order valence-corrected chi connectivity index (χ1v) is 8.41. The first-order valence-electron chi connectivity index (χ1n) is 6.97. The Kier molecular flexibility index (Phi) is 4.90. The second-order valence-corrected chi connectivity index (χ2v) is 6.92. The van der Waals surface area contributed by atoms with Crippen LogP contribution in [0.25, 0.3) is 0 Å². The number of methoxy groups -OCH3 is 1. The molecule has 1 aliphatic rings. The Labute approximate surface area is 134 Å². The quantitative estimate of drug-likeness (QED) is 0.795. The van der Waals surface area contributed by atoms with E-state index in [2.05, 4.69) is 5.32 Å². The van der Waals surface area contributed by atoms with Crippen molar-refractivity contribution in [1.82, 2.24) is 9.62 Å². The molecule has 1 aliphatic heterocycles. The van der Waals surface area contributed by atoms with Crippen LogP contribution in [0.4, 0.5) is 0 Å². The minimum atomic E-state index is -4.06. The predicted molar refractivity (Wildman–Crippen MR) is 80.9 cm³/mol. The highest BCUT2D eigenvalue weighted by Gasteiger charge is 2.40. The maximum Gasteiger partial charge on any atom is 0.335 e. The molecule has 1 saturated heterocycles. The van der Waals surface area contributed by atoms with E-state index in [4.69, 9.17) is 9.84 Å². The van der Waals surface area contributed by atoms with Crippen molar-refractivity contribution >= 4 is 21.9 Å². The van der Waals surface area contributed by atoms with Crippen molar-refractivity contribution in [1.29, 1.82) is 0 Å². The van der Waals surface area contributed by atoms with Crippen LogP contribution in [-0.4, -0.2) is 56.5 Å². The predicted octanol–water partition coefficient (Wildman–Crippen LogP) is 0.293. The number of likely N-dealkylation sites (N-methyl/N-ethyl adjacent to an activating group) is 1. The number of carbonyl (C=O) groups is 2. The molecule has 1 aromatic rings. The molecule has 23 heavy (non-hydrogen) atoms. The minimum absolute atomic E-state index is 0.0394. The van der Waals surface area contributed by atoms with E-state index in [1.807, 2.05) is 0 Å². The van der Waals surface area contributed by atoms with Gasteiger partial charge in [-0.3, -0.25) is 4.79 Å². The zero-order valence-corrected chi connectivity index (χ0v) is 13.6. The summed E-state index contributed by atoms with van der Waals surface area (Å²) >= 11 is 0. The number of sulfonamides is 1. The first-order chi connectivity index (χ1) is 10.8. The molecule has 2 N–H and O–H groups in total. The van der Waals surface area contributed by atoms with Gasteiger partial charge in [0.2, 0.25) is 15.9 Å². The Bertz CT molecular complexity index is 731. The van der Waals surface area contributed by atoms with Crippen molar-refractivity contribution in [2.75, 3.05) is 20.7 Å². The van der Waals surface area contributed by atoms with Crippen LogP contribution in [0.3, 0.4) is 0 Å². The van der Waals surface area contributed by atoms with Gasteiger partial charge < -0.3 is 15.2 Å². The van der Waals surface area contributed by atoms with E-state index in [0.29, 0.717) is 12.8 Å². The van der Waals surface area contributed by atoms with Gasteiger partial charge in [0.05, 0.1) is 12.7 Å². The first kappa shape index (κ1) is 17.2. The zero-order chi connectivity index (χ0) is 17.2. The molecule has 0 spiro atoms. The third-order valence-electron chi connectivity index (χ3n) is 3.75. The molecule has 8 nitrogen and oxygen atoms in total. The largest absolute Gasteiger partial charge is 0.495 e. The van der Waals surface area contributed by atoms with Crippen molar-refractivity contribution in [3.05, 3.63) is 23.8 Å². The molecule has 1 fully saturated rings. The fraction of sp³-hybridized carbons (Fsp3) is 0.429. The SMILES string of the molecule is CNC(=O)[C@H]1CCCN1S(=O)(=O)c1cc(C(=O)O)ccc1OC. The van der Waals surface area contributed by atoms with E-state index in [-0.39, 0.29) is 28.7 Å². The van der Waals surface area contributed by atoms with E-state index in [1.54, 1.807) is 0 Å². The summed E-state index contributed by atoms with van der Waals surface area (Å²) in [6.07, 6.45) is 0.970. The van der Waals surface area contributed by atoms with Crippen molar-refractivity contribution in [2.24, 2.45) is 0 Å². The molecule has 1 aromatic carbocycles. The smallest absolute Gasteiger partial charge is 0.335 e. The number of rotatable bonds is 5. The van der Waals surface area contributed by atoms with Gasteiger partial charge in [-0.25, -0.2) is 13.2 Å². The minimum Gasteiger partial charge on any atom is -0.495 e. The van der Waals surface area contributed by atoms with Crippen molar-refractivity contribution in [3.63, 3.8) is 0 Å². The highest BCUT2D eigenvalue weighted by Crippen LogP contribution is 2.32. The van der Waals surface area contributed by atoms with Gasteiger partial charge in [-0.15, -0.1) is 0 Å². The summed E-state index contributed by atoms with van der Waals surface area (Å²) in [7, 11) is -1.32. The van der Waals surface area contributed by atoms with Gasteiger partial charge in [0.25, 0.3) is 0 Å². The molecule has 126 valence electrons. The standard InChI is InChI=1S/C14H18N2O6S/c1-15-13(17)10-4-3-7-16(10)23(20,21)12-8-9(14(18)19)5-6-11(12)22-2/h5-6,8,10H,3-4,7H2,1-2H3,(H,15,17)(H,18,19)/t10-/m1/s1. The number of nitrogens with zero attached hydrogens (tertiary/aromatic N) is 1. The number of benzene rings is 1. The van der Waals surface area contributed by atoms with Crippen LogP contribution >= 0.6 is 0 Å². The van der Waals surface area contributed by atoms with Crippen LogP contribution < -0.4 is 10.1 Å². The number of amides is 1. The number of hydrogen-bond donors (Lipinski definition) is 2. The van der Waals surface area contributed by atoms with E-state index < -0.39 is 22.0 Å². The second-order valence-electron chi connectivity index (χ2n) is 5.06.